The first-order chi connectivity index (χ1) is 8.16. The molecule has 0 bridgehead atoms. The van der Waals surface area contributed by atoms with Gasteiger partial charge in [-0.05, 0) is 6.07 Å². The molecule has 0 aliphatic carbocycles. The van der Waals surface area contributed by atoms with Gasteiger partial charge in [0.05, 0.1) is 13.2 Å². The number of morpholine rings is 1. The van der Waals surface area contributed by atoms with Crippen LogP contribution in [0.5, 0.6) is 0 Å². The fourth-order valence-electron chi connectivity index (χ4n) is 1.62. The van der Waals surface area contributed by atoms with Gasteiger partial charge in [-0.25, -0.2) is 4.68 Å². The van der Waals surface area contributed by atoms with Gasteiger partial charge in [0.2, 0.25) is 5.91 Å². The molecule has 0 spiro atoms. The summed E-state index contributed by atoms with van der Waals surface area (Å²) in [5, 5.41) is 3.81. The van der Waals surface area contributed by atoms with E-state index < -0.39 is 0 Å². The van der Waals surface area contributed by atoms with E-state index in [0.29, 0.717) is 26.3 Å². The maximum Gasteiger partial charge on any atom is 0.267 e. The van der Waals surface area contributed by atoms with Crippen LogP contribution in [0.4, 0.5) is 5.82 Å². The van der Waals surface area contributed by atoms with Gasteiger partial charge < -0.3 is 15.4 Å². The number of carbonyl (C=O) groups excluding carboxylic acids is 1. The van der Waals surface area contributed by atoms with Crippen LogP contribution < -0.4 is 11.3 Å². The number of aromatic nitrogens is 2. The number of anilines is 1. The molecule has 2 N–H and O–H groups in total. The summed E-state index contributed by atoms with van der Waals surface area (Å²) in [6.07, 6.45) is 0. The minimum Gasteiger partial charge on any atom is -0.382 e. The predicted molar refractivity (Wildman–Crippen MR) is 60.3 cm³/mol. The van der Waals surface area contributed by atoms with Crippen LogP contribution in [0.1, 0.15) is 0 Å². The number of rotatable bonds is 2. The minimum absolute atomic E-state index is 0.0795. The lowest BCUT2D eigenvalue weighted by molar-refractivity contribution is -0.136. The minimum atomic E-state index is -0.333. The van der Waals surface area contributed by atoms with Crippen LogP contribution in [-0.4, -0.2) is 46.9 Å². The summed E-state index contributed by atoms with van der Waals surface area (Å²) in [6.45, 7) is 2.09. The van der Waals surface area contributed by atoms with Gasteiger partial charge in [0.1, 0.15) is 12.4 Å². The van der Waals surface area contributed by atoms with Gasteiger partial charge in [-0.3, -0.25) is 9.59 Å². The third kappa shape index (κ3) is 2.82. The summed E-state index contributed by atoms with van der Waals surface area (Å²) in [5.41, 5.74) is 5.13. The Morgan fingerprint density at radius 3 is 2.82 bits per heavy atom. The van der Waals surface area contributed by atoms with Gasteiger partial charge >= 0.3 is 0 Å². The van der Waals surface area contributed by atoms with Crippen molar-refractivity contribution in [2.24, 2.45) is 0 Å². The van der Waals surface area contributed by atoms with Crippen LogP contribution in [0.2, 0.25) is 0 Å². The standard InChI is InChI=1S/C10H14N4O3/c11-8-1-2-9(15)14(12-8)7-10(16)13-3-5-17-6-4-13/h1-2H,3-7H2,(H2,11,12). The molecule has 0 unspecified atom stereocenters. The fourth-order valence-corrected chi connectivity index (χ4v) is 1.62. The van der Waals surface area contributed by atoms with Gasteiger partial charge in [0, 0.05) is 19.2 Å². The van der Waals surface area contributed by atoms with Crippen molar-refractivity contribution in [3.63, 3.8) is 0 Å². The third-order valence-electron chi connectivity index (χ3n) is 2.54. The molecule has 1 aliphatic rings. The summed E-state index contributed by atoms with van der Waals surface area (Å²) in [6, 6.07) is 2.72. The lowest BCUT2D eigenvalue weighted by Gasteiger charge is -2.26. The van der Waals surface area contributed by atoms with Crippen LogP contribution in [-0.2, 0) is 16.1 Å². The van der Waals surface area contributed by atoms with Gasteiger partial charge in [0.15, 0.2) is 0 Å². The molecular weight excluding hydrogens is 224 g/mol. The monoisotopic (exact) mass is 238 g/mol. The Hall–Kier alpha value is -1.89. The number of ether oxygens (including phenoxy) is 1. The molecule has 2 rings (SSSR count). The zero-order valence-electron chi connectivity index (χ0n) is 9.33. The summed E-state index contributed by atoms with van der Waals surface area (Å²) in [5.74, 6) is 0.0767. The van der Waals surface area contributed by atoms with Crippen LogP contribution in [0, 0.1) is 0 Å². The quantitative estimate of drug-likeness (QED) is 0.690. The molecule has 1 aromatic heterocycles. The molecule has 0 aromatic carbocycles. The molecule has 2 heterocycles. The molecule has 1 saturated heterocycles. The number of nitrogen functional groups attached to an aromatic ring is 1. The number of nitrogens with zero attached hydrogens (tertiary/aromatic N) is 3. The molecule has 92 valence electrons. The molecule has 0 atom stereocenters. The van der Waals surface area contributed by atoms with Gasteiger partial charge in [-0.1, -0.05) is 0 Å². The van der Waals surface area contributed by atoms with E-state index in [-0.39, 0.29) is 23.8 Å². The van der Waals surface area contributed by atoms with Gasteiger partial charge in [0.25, 0.3) is 5.56 Å². The molecule has 0 radical (unpaired) electrons. The van der Waals surface area contributed by atoms with Crippen LogP contribution >= 0.6 is 0 Å². The highest BCUT2D eigenvalue weighted by atomic mass is 16.5. The first kappa shape index (κ1) is 11.6. The highest BCUT2D eigenvalue weighted by Crippen LogP contribution is 1.99. The normalized spacial score (nSPS) is 15.9. The highest BCUT2D eigenvalue weighted by Gasteiger charge is 2.17. The van der Waals surface area contributed by atoms with Crippen LogP contribution in [0.3, 0.4) is 0 Å². The van der Waals surface area contributed by atoms with Crippen LogP contribution in [0.15, 0.2) is 16.9 Å². The number of nitrogens with two attached hydrogens (primary N) is 1. The summed E-state index contributed by atoms with van der Waals surface area (Å²) in [4.78, 5) is 25.0. The van der Waals surface area contributed by atoms with E-state index in [1.54, 1.807) is 4.90 Å². The predicted octanol–water partition coefficient (Wildman–Crippen LogP) is -1.32. The Morgan fingerprint density at radius 1 is 1.41 bits per heavy atom. The van der Waals surface area contributed by atoms with E-state index >= 15 is 0 Å². The Kier molecular flexibility index (Phi) is 3.38. The van der Waals surface area contributed by atoms with E-state index in [2.05, 4.69) is 5.10 Å². The average Bonchev–Trinajstić information content (AvgIpc) is 2.35. The zero-order chi connectivity index (χ0) is 12.3. The summed E-state index contributed by atoms with van der Waals surface area (Å²) < 4.78 is 6.22. The van der Waals surface area contributed by atoms with E-state index in [4.69, 9.17) is 10.5 Å². The molecule has 0 saturated carbocycles. The SMILES string of the molecule is Nc1ccc(=O)n(CC(=O)N2CCOCC2)n1. The molecule has 1 fully saturated rings. The Morgan fingerprint density at radius 2 is 2.12 bits per heavy atom. The molecule has 7 heteroatoms. The maximum absolute atomic E-state index is 11.9. The second kappa shape index (κ2) is 4.96. The molecule has 1 aromatic rings. The topological polar surface area (TPSA) is 90.5 Å². The van der Waals surface area contributed by atoms with E-state index in [1.807, 2.05) is 0 Å². The Balaban J connectivity index is 2.07. The first-order valence-corrected chi connectivity index (χ1v) is 5.36. The molecule has 1 aliphatic heterocycles. The van der Waals surface area contributed by atoms with E-state index in [9.17, 15) is 9.59 Å². The largest absolute Gasteiger partial charge is 0.382 e. The third-order valence-corrected chi connectivity index (χ3v) is 2.54. The highest BCUT2D eigenvalue weighted by molar-refractivity contribution is 5.76. The number of hydrogen-bond acceptors (Lipinski definition) is 5. The van der Waals surface area contributed by atoms with Crippen molar-refractivity contribution in [3.8, 4) is 0 Å². The average molecular weight is 238 g/mol. The number of amides is 1. The van der Waals surface area contributed by atoms with Crippen molar-refractivity contribution in [3.05, 3.63) is 22.5 Å². The molecule has 1 amide bonds. The number of carbonyl (C=O) groups is 1. The van der Waals surface area contributed by atoms with E-state index in [0.717, 1.165) is 4.68 Å². The Labute approximate surface area is 97.8 Å². The van der Waals surface area contributed by atoms with Crippen molar-refractivity contribution in [1.29, 1.82) is 0 Å². The molecule has 7 nitrogen and oxygen atoms in total. The van der Waals surface area contributed by atoms with Gasteiger partial charge in [-0.2, -0.15) is 5.10 Å². The number of hydrogen-bond donors (Lipinski definition) is 1. The van der Waals surface area contributed by atoms with Crippen molar-refractivity contribution in [2.75, 3.05) is 32.0 Å². The summed E-state index contributed by atoms with van der Waals surface area (Å²) in [7, 11) is 0. The van der Waals surface area contributed by atoms with Crippen molar-refractivity contribution >= 4 is 11.7 Å². The summed E-state index contributed by atoms with van der Waals surface area (Å²) >= 11 is 0. The maximum atomic E-state index is 11.9. The second-order valence-corrected chi connectivity index (χ2v) is 3.75. The Bertz CT molecular complexity index is 465. The lowest BCUT2D eigenvalue weighted by Crippen LogP contribution is -2.43. The molecular formula is C10H14N4O3. The first-order valence-electron chi connectivity index (χ1n) is 5.36. The zero-order valence-corrected chi connectivity index (χ0v) is 9.33. The van der Waals surface area contributed by atoms with E-state index in [1.165, 1.54) is 12.1 Å². The van der Waals surface area contributed by atoms with Crippen LogP contribution in [0.25, 0.3) is 0 Å². The lowest BCUT2D eigenvalue weighted by atomic mass is 10.4. The smallest absolute Gasteiger partial charge is 0.267 e. The fraction of sp³-hybridized carbons (Fsp3) is 0.500. The van der Waals surface area contributed by atoms with Crippen molar-refractivity contribution < 1.29 is 9.53 Å². The second-order valence-electron chi connectivity index (χ2n) is 3.75. The van der Waals surface area contributed by atoms with Gasteiger partial charge in [-0.15, -0.1) is 0 Å². The van der Waals surface area contributed by atoms with Crippen molar-refractivity contribution in [1.82, 2.24) is 14.7 Å². The van der Waals surface area contributed by atoms with Crippen molar-refractivity contribution in [2.45, 2.75) is 6.54 Å². The molecule has 17 heavy (non-hydrogen) atoms.